The minimum Gasteiger partial charge on any atom is -0.497 e. The van der Waals surface area contributed by atoms with E-state index in [0.29, 0.717) is 19.5 Å². The number of piperazine rings is 1. The normalized spacial score (nSPS) is 15.1. The average molecular weight is 407 g/mol. The highest BCUT2D eigenvalue weighted by Crippen LogP contribution is 2.27. The smallest absolute Gasteiger partial charge is 0.225 e. The number of carbonyl (C=O) groups is 1. The van der Waals surface area contributed by atoms with Gasteiger partial charge in [0.15, 0.2) is 0 Å². The molecule has 0 bridgehead atoms. The summed E-state index contributed by atoms with van der Waals surface area (Å²) in [6.45, 7) is 2.80. The molecule has 1 aromatic heterocycles. The van der Waals surface area contributed by atoms with Gasteiger partial charge in [-0.05, 0) is 54.1 Å². The highest BCUT2D eigenvalue weighted by molar-refractivity contribution is 5.77. The second-order valence-corrected chi connectivity index (χ2v) is 7.47. The largest absolute Gasteiger partial charge is 0.497 e. The molecule has 0 radical (unpaired) electrons. The summed E-state index contributed by atoms with van der Waals surface area (Å²) in [5, 5.41) is 0. The molecule has 3 aromatic rings. The van der Waals surface area contributed by atoms with Crippen LogP contribution in [0.1, 0.15) is 18.0 Å². The average Bonchev–Trinajstić information content (AvgIpc) is 3.32. The van der Waals surface area contributed by atoms with Crippen molar-refractivity contribution in [2.45, 2.75) is 12.5 Å². The van der Waals surface area contributed by atoms with Crippen molar-refractivity contribution >= 4 is 11.6 Å². The third kappa shape index (κ3) is 4.48. The number of amides is 1. The second-order valence-electron chi connectivity index (χ2n) is 7.47. The third-order valence-electron chi connectivity index (χ3n) is 5.66. The summed E-state index contributed by atoms with van der Waals surface area (Å²) in [5.74, 6) is 0.682. The van der Waals surface area contributed by atoms with Gasteiger partial charge in [0.1, 0.15) is 11.6 Å². The molecule has 1 aliphatic rings. The van der Waals surface area contributed by atoms with Crippen molar-refractivity contribution in [1.29, 1.82) is 0 Å². The molecule has 156 valence electrons. The topological polar surface area (TPSA) is 37.7 Å². The van der Waals surface area contributed by atoms with Crippen LogP contribution in [-0.4, -0.2) is 48.7 Å². The first kappa shape index (κ1) is 20.0. The predicted molar refractivity (Wildman–Crippen MR) is 115 cm³/mol. The summed E-state index contributed by atoms with van der Waals surface area (Å²) in [5.41, 5.74) is 2.04. The van der Waals surface area contributed by atoms with Crippen molar-refractivity contribution in [2.24, 2.45) is 0 Å². The van der Waals surface area contributed by atoms with Crippen LogP contribution in [-0.2, 0) is 4.79 Å². The Labute approximate surface area is 176 Å². The van der Waals surface area contributed by atoms with Crippen molar-refractivity contribution in [3.63, 3.8) is 0 Å². The van der Waals surface area contributed by atoms with Gasteiger partial charge in [0.2, 0.25) is 5.91 Å². The van der Waals surface area contributed by atoms with Gasteiger partial charge in [-0.2, -0.15) is 0 Å². The number of methoxy groups -OCH3 is 1. The SMILES string of the molecule is COc1cccc([C@H](CC(=O)N2CCN(c3ccc(F)cc3)CC2)n2cccc2)c1. The third-order valence-corrected chi connectivity index (χ3v) is 5.66. The molecule has 6 heteroatoms. The van der Waals surface area contributed by atoms with E-state index in [1.807, 2.05) is 53.7 Å². The van der Waals surface area contributed by atoms with E-state index in [1.165, 1.54) is 12.1 Å². The summed E-state index contributed by atoms with van der Waals surface area (Å²) in [6.07, 6.45) is 4.37. The van der Waals surface area contributed by atoms with Gasteiger partial charge in [0, 0.05) is 44.3 Å². The Hall–Kier alpha value is -3.28. The number of benzene rings is 2. The fourth-order valence-corrected chi connectivity index (χ4v) is 3.96. The Morgan fingerprint density at radius 3 is 2.37 bits per heavy atom. The number of nitrogens with zero attached hydrogens (tertiary/aromatic N) is 3. The highest BCUT2D eigenvalue weighted by Gasteiger charge is 2.25. The fourth-order valence-electron chi connectivity index (χ4n) is 3.96. The second kappa shape index (κ2) is 9.03. The van der Waals surface area contributed by atoms with E-state index in [-0.39, 0.29) is 17.8 Å². The molecule has 0 unspecified atom stereocenters. The molecular formula is C24H26FN3O2. The van der Waals surface area contributed by atoms with E-state index in [1.54, 1.807) is 19.2 Å². The Bertz CT molecular complexity index is 964. The van der Waals surface area contributed by atoms with Crippen LogP contribution in [0.3, 0.4) is 0 Å². The van der Waals surface area contributed by atoms with Gasteiger partial charge in [0.05, 0.1) is 19.6 Å². The summed E-state index contributed by atoms with van der Waals surface area (Å²) >= 11 is 0. The zero-order valence-electron chi connectivity index (χ0n) is 17.1. The van der Waals surface area contributed by atoms with E-state index in [0.717, 1.165) is 30.1 Å². The van der Waals surface area contributed by atoms with E-state index in [9.17, 15) is 9.18 Å². The Morgan fingerprint density at radius 2 is 1.70 bits per heavy atom. The molecule has 30 heavy (non-hydrogen) atoms. The van der Waals surface area contributed by atoms with Gasteiger partial charge < -0.3 is 19.1 Å². The maximum absolute atomic E-state index is 13.2. The summed E-state index contributed by atoms with van der Waals surface area (Å²) in [6, 6.07) is 18.3. The zero-order valence-corrected chi connectivity index (χ0v) is 17.1. The van der Waals surface area contributed by atoms with E-state index in [2.05, 4.69) is 9.47 Å². The Morgan fingerprint density at radius 1 is 1.00 bits per heavy atom. The molecule has 0 aliphatic carbocycles. The minimum atomic E-state index is -0.235. The molecule has 1 aliphatic heterocycles. The number of halogens is 1. The van der Waals surface area contributed by atoms with Gasteiger partial charge in [-0.15, -0.1) is 0 Å². The molecular weight excluding hydrogens is 381 g/mol. The molecule has 0 saturated carbocycles. The van der Waals surface area contributed by atoms with Crippen LogP contribution >= 0.6 is 0 Å². The zero-order chi connectivity index (χ0) is 20.9. The fraction of sp³-hybridized carbons (Fsp3) is 0.292. The first-order valence-electron chi connectivity index (χ1n) is 10.2. The van der Waals surface area contributed by atoms with Crippen LogP contribution in [0.15, 0.2) is 73.1 Å². The van der Waals surface area contributed by atoms with Crippen molar-refractivity contribution < 1.29 is 13.9 Å². The number of hydrogen-bond donors (Lipinski definition) is 0. The summed E-state index contributed by atoms with van der Waals surface area (Å²) in [7, 11) is 1.65. The number of rotatable bonds is 6. The molecule has 1 amide bonds. The molecule has 5 nitrogen and oxygen atoms in total. The van der Waals surface area contributed by atoms with Gasteiger partial charge in [-0.3, -0.25) is 4.79 Å². The summed E-state index contributed by atoms with van der Waals surface area (Å²) in [4.78, 5) is 17.2. The van der Waals surface area contributed by atoms with Gasteiger partial charge in [-0.25, -0.2) is 4.39 Å². The number of hydrogen-bond acceptors (Lipinski definition) is 3. The molecule has 4 rings (SSSR count). The molecule has 1 saturated heterocycles. The van der Waals surface area contributed by atoms with Gasteiger partial charge in [0.25, 0.3) is 0 Å². The van der Waals surface area contributed by atoms with E-state index in [4.69, 9.17) is 4.74 Å². The van der Waals surface area contributed by atoms with E-state index < -0.39 is 0 Å². The number of anilines is 1. The molecule has 2 aromatic carbocycles. The lowest BCUT2D eigenvalue weighted by Crippen LogP contribution is -2.49. The molecule has 0 N–H and O–H groups in total. The van der Waals surface area contributed by atoms with Crippen LogP contribution in [0, 0.1) is 5.82 Å². The number of aromatic nitrogens is 1. The van der Waals surface area contributed by atoms with Crippen molar-refractivity contribution in [3.05, 3.63) is 84.4 Å². The predicted octanol–water partition coefficient (Wildman–Crippen LogP) is 3.96. The number of carbonyl (C=O) groups excluding carboxylic acids is 1. The van der Waals surface area contributed by atoms with Crippen LogP contribution in [0.4, 0.5) is 10.1 Å². The first-order chi connectivity index (χ1) is 14.6. The molecule has 1 fully saturated rings. The first-order valence-corrected chi connectivity index (χ1v) is 10.2. The molecule has 0 spiro atoms. The van der Waals surface area contributed by atoms with Crippen molar-refractivity contribution in [2.75, 3.05) is 38.2 Å². The monoisotopic (exact) mass is 407 g/mol. The maximum Gasteiger partial charge on any atom is 0.225 e. The van der Waals surface area contributed by atoms with Crippen molar-refractivity contribution in [1.82, 2.24) is 9.47 Å². The number of ether oxygens (including phenoxy) is 1. The van der Waals surface area contributed by atoms with Crippen LogP contribution < -0.4 is 9.64 Å². The Balaban J connectivity index is 1.44. The quantitative estimate of drug-likeness (QED) is 0.621. The Kier molecular flexibility index (Phi) is 6.02. The van der Waals surface area contributed by atoms with E-state index >= 15 is 0 Å². The lowest BCUT2D eigenvalue weighted by Gasteiger charge is -2.36. The lowest BCUT2D eigenvalue weighted by molar-refractivity contribution is -0.132. The standard InChI is InChI=1S/C24H26FN3O2/c1-30-22-6-4-5-19(17-22)23(27-11-2-3-12-27)18-24(29)28-15-13-26(14-16-28)21-9-7-20(25)8-10-21/h2-12,17,23H,13-16,18H2,1H3/t23-/m0/s1. The minimum absolute atomic E-state index is 0.0854. The van der Waals surface area contributed by atoms with Crippen LogP contribution in [0.2, 0.25) is 0 Å². The van der Waals surface area contributed by atoms with Crippen molar-refractivity contribution in [3.8, 4) is 5.75 Å². The maximum atomic E-state index is 13.2. The molecule has 1 atom stereocenters. The highest BCUT2D eigenvalue weighted by atomic mass is 19.1. The van der Waals surface area contributed by atoms with Crippen LogP contribution in [0.25, 0.3) is 0 Å². The van der Waals surface area contributed by atoms with Gasteiger partial charge in [-0.1, -0.05) is 12.1 Å². The molecule has 2 heterocycles. The summed E-state index contributed by atoms with van der Waals surface area (Å²) < 4.78 is 20.6. The van der Waals surface area contributed by atoms with Gasteiger partial charge >= 0.3 is 0 Å². The lowest BCUT2D eigenvalue weighted by atomic mass is 10.0. The van der Waals surface area contributed by atoms with Crippen LogP contribution in [0.5, 0.6) is 5.75 Å².